The Morgan fingerprint density at radius 2 is 1.53 bits per heavy atom. The van der Waals surface area contributed by atoms with Crippen LogP contribution in [0, 0.1) is 12.3 Å². The second-order valence-electron chi connectivity index (χ2n) is 3.87. The lowest BCUT2D eigenvalue weighted by atomic mass is 10.1. The largest absolute Gasteiger partial charge is 0.268 e. The second kappa shape index (κ2) is 6.93. The van der Waals surface area contributed by atoms with Gasteiger partial charge in [0.2, 0.25) is 0 Å². The molecule has 2 aromatic rings. The summed E-state index contributed by atoms with van der Waals surface area (Å²) in [6, 6.07) is 19.7. The molecule has 0 saturated carbocycles. The van der Waals surface area contributed by atoms with Crippen molar-refractivity contribution in [2.24, 2.45) is 9.98 Å². The van der Waals surface area contributed by atoms with Crippen LogP contribution in [0.4, 0.5) is 0 Å². The van der Waals surface area contributed by atoms with Gasteiger partial charge in [0.1, 0.15) is 6.67 Å². The fourth-order valence-corrected chi connectivity index (χ4v) is 1.59. The van der Waals surface area contributed by atoms with Crippen LogP contribution >= 0.6 is 0 Å². The number of hydrogen-bond donors (Lipinski definition) is 0. The van der Waals surface area contributed by atoms with Gasteiger partial charge in [-0.25, -0.2) is 0 Å². The molecule has 0 saturated heterocycles. The van der Waals surface area contributed by atoms with Crippen LogP contribution in [-0.2, 0) is 0 Å². The van der Waals surface area contributed by atoms with E-state index in [0.29, 0.717) is 6.67 Å². The van der Waals surface area contributed by atoms with E-state index in [0.717, 1.165) is 16.8 Å². The standard InChI is InChI=1S/C9H8N2.C8H6/c1-2-4-8(5-3-1)9-6-10-7-11-9;1-2-8-6-4-3-5-7-8/h1-6H,7H2;1,3-7H. The van der Waals surface area contributed by atoms with Gasteiger partial charge in [-0.2, -0.15) is 0 Å². The molecule has 92 valence electrons. The van der Waals surface area contributed by atoms with Crippen LogP contribution < -0.4 is 0 Å². The summed E-state index contributed by atoms with van der Waals surface area (Å²) in [5, 5.41) is 0. The van der Waals surface area contributed by atoms with Crippen LogP contribution in [0.15, 0.2) is 70.6 Å². The van der Waals surface area contributed by atoms with Crippen LogP contribution in [0.1, 0.15) is 11.1 Å². The molecule has 0 radical (unpaired) electrons. The zero-order valence-corrected chi connectivity index (χ0v) is 10.5. The quantitative estimate of drug-likeness (QED) is 0.690. The normalized spacial score (nSPS) is 12.1. The molecular weight excluding hydrogens is 232 g/mol. The molecule has 0 aliphatic carbocycles. The predicted molar refractivity (Wildman–Crippen MR) is 80.7 cm³/mol. The zero-order valence-electron chi connectivity index (χ0n) is 10.5. The molecule has 0 fully saturated rings. The molecule has 1 aliphatic heterocycles. The first kappa shape index (κ1) is 12.8. The van der Waals surface area contributed by atoms with E-state index >= 15 is 0 Å². The molecule has 0 amide bonds. The highest BCUT2D eigenvalue weighted by Crippen LogP contribution is 2.02. The third-order valence-electron chi connectivity index (χ3n) is 2.55. The Hall–Kier alpha value is -2.66. The Labute approximate surface area is 113 Å². The van der Waals surface area contributed by atoms with Gasteiger partial charge in [-0.05, 0) is 12.1 Å². The van der Waals surface area contributed by atoms with Gasteiger partial charge in [0.15, 0.2) is 0 Å². The predicted octanol–water partition coefficient (Wildman–Crippen LogP) is 3.19. The van der Waals surface area contributed by atoms with Crippen LogP contribution in [0.3, 0.4) is 0 Å². The van der Waals surface area contributed by atoms with Gasteiger partial charge < -0.3 is 0 Å². The highest BCUT2D eigenvalue weighted by Gasteiger charge is 2.01. The van der Waals surface area contributed by atoms with E-state index < -0.39 is 0 Å². The van der Waals surface area contributed by atoms with Crippen molar-refractivity contribution >= 4 is 11.9 Å². The molecule has 0 atom stereocenters. The summed E-state index contributed by atoms with van der Waals surface area (Å²) < 4.78 is 0. The minimum absolute atomic E-state index is 0.588. The molecule has 0 N–H and O–H groups in total. The smallest absolute Gasteiger partial charge is 0.130 e. The molecule has 0 unspecified atom stereocenters. The number of rotatable bonds is 1. The van der Waals surface area contributed by atoms with Gasteiger partial charge in [-0.3, -0.25) is 9.98 Å². The number of nitrogens with zero attached hydrogens (tertiary/aromatic N) is 2. The maximum Gasteiger partial charge on any atom is 0.130 e. The lowest BCUT2D eigenvalue weighted by molar-refractivity contribution is 1.11. The number of aliphatic imine (C=N–C) groups is 2. The molecule has 0 bridgehead atoms. The van der Waals surface area contributed by atoms with Crippen molar-refractivity contribution in [3.8, 4) is 12.3 Å². The van der Waals surface area contributed by atoms with Gasteiger partial charge in [0.25, 0.3) is 0 Å². The molecule has 2 nitrogen and oxygen atoms in total. The van der Waals surface area contributed by atoms with Crippen molar-refractivity contribution in [2.45, 2.75) is 0 Å². The average molecular weight is 246 g/mol. The lowest BCUT2D eigenvalue weighted by Gasteiger charge is -1.93. The van der Waals surface area contributed by atoms with Crippen molar-refractivity contribution in [3.63, 3.8) is 0 Å². The van der Waals surface area contributed by atoms with Gasteiger partial charge in [0.05, 0.1) is 5.71 Å². The van der Waals surface area contributed by atoms with Crippen molar-refractivity contribution in [1.82, 2.24) is 0 Å². The first-order valence-electron chi connectivity index (χ1n) is 6.01. The van der Waals surface area contributed by atoms with E-state index in [4.69, 9.17) is 6.42 Å². The fraction of sp³-hybridized carbons (Fsp3) is 0.0588. The number of terminal acetylenes is 1. The first-order chi connectivity index (χ1) is 9.40. The van der Waals surface area contributed by atoms with Gasteiger partial charge >= 0.3 is 0 Å². The monoisotopic (exact) mass is 246 g/mol. The summed E-state index contributed by atoms with van der Waals surface area (Å²) in [6.45, 7) is 0.588. The fourth-order valence-electron chi connectivity index (χ4n) is 1.59. The topological polar surface area (TPSA) is 24.7 Å². The van der Waals surface area contributed by atoms with Crippen LogP contribution in [0.2, 0.25) is 0 Å². The molecule has 2 heteroatoms. The molecule has 1 heterocycles. The maximum absolute atomic E-state index is 5.10. The van der Waals surface area contributed by atoms with Crippen molar-refractivity contribution in [2.75, 3.05) is 6.67 Å². The average Bonchev–Trinajstić information content (AvgIpc) is 3.04. The van der Waals surface area contributed by atoms with Crippen molar-refractivity contribution in [1.29, 1.82) is 0 Å². The Kier molecular flexibility index (Phi) is 4.66. The van der Waals surface area contributed by atoms with Gasteiger partial charge in [0, 0.05) is 17.3 Å². The molecule has 2 aromatic carbocycles. The first-order valence-corrected chi connectivity index (χ1v) is 6.01. The summed E-state index contributed by atoms with van der Waals surface area (Å²) in [7, 11) is 0. The Morgan fingerprint density at radius 3 is 2.00 bits per heavy atom. The van der Waals surface area contributed by atoms with E-state index in [-0.39, 0.29) is 0 Å². The van der Waals surface area contributed by atoms with E-state index in [1.54, 1.807) is 0 Å². The van der Waals surface area contributed by atoms with Crippen LogP contribution in [0.25, 0.3) is 0 Å². The highest BCUT2D eigenvalue weighted by atomic mass is 15.0. The van der Waals surface area contributed by atoms with Gasteiger partial charge in [-0.1, -0.05) is 54.5 Å². The Balaban J connectivity index is 0.000000148. The summed E-state index contributed by atoms with van der Waals surface area (Å²) in [4.78, 5) is 8.21. The minimum Gasteiger partial charge on any atom is -0.268 e. The molecule has 0 spiro atoms. The van der Waals surface area contributed by atoms with E-state index in [2.05, 4.69) is 15.9 Å². The second-order valence-corrected chi connectivity index (χ2v) is 3.87. The van der Waals surface area contributed by atoms with Crippen molar-refractivity contribution in [3.05, 3.63) is 71.8 Å². The molecule has 1 aliphatic rings. The lowest BCUT2D eigenvalue weighted by Crippen LogP contribution is -1.97. The van der Waals surface area contributed by atoms with Gasteiger partial charge in [-0.15, -0.1) is 6.42 Å². The maximum atomic E-state index is 5.10. The Bertz CT molecular complexity index is 605. The third-order valence-corrected chi connectivity index (χ3v) is 2.55. The van der Waals surface area contributed by atoms with Crippen LogP contribution in [0.5, 0.6) is 0 Å². The summed E-state index contributed by atoms with van der Waals surface area (Å²) in [5.41, 5.74) is 3.08. The van der Waals surface area contributed by atoms with Crippen molar-refractivity contribution < 1.29 is 0 Å². The number of hydrogen-bond acceptors (Lipinski definition) is 2. The molecule has 3 rings (SSSR count). The zero-order chi connectivity index (χ0) is 13.3. The Morgan fingerprint density at radius 1 is 0.895 bits per heavy atom. The minimum atomic E-state index is 0.588. The summed E-state index contributed by atoms with van der Waals surface area (Å²) >= 11 is 0. The molecule has 19 heavy (non-hydrogen) atoms. The highest BCUT2D eigenvalue weighted by molar-refractivity contribution is 6.39. The van der Waals surface area contributed by atoms with E-state index in [9.17, 15) is 0 Å². The van der Waals surface area contributed by atoms with E-state index in [1.807, 2.05) is 66.9 Å². The molecular formula is C17H14N2. The third kappa shape index (κ3) is 3.93. The van der Waals surface area contributed by atoms with Crippen LogP contribution in [-0.4, -0.2) is 18.6 Å². The van der Waals surface area contributed by atoms with E-state index in [1.165, 1.54) is 0 Å². The number of benzene rings is 2. The molecule has 0 aromatic heterocycles. The SMILES string of the molecule is C#Cc1ccccc1.C1=NCN=C1c1ccccc1. The summed E-state index contributed by atoms with van der Waals surface area (Å²) in [5.74, 6) is 2.53. The summed E-state index contributed by atoms with van der Waals surface area (Å²) in [6.07, 6.45) is 6.91.